The van der Waals surface area contributed by atoms with E-state index in [1.165, 1.54) is 6.07 Å². The third-order valence-electron chi connectivity index (χ3n) is 1.89. The molecule has 0 radical (unpaired) electrons. The Morgan fingerprint density at radius 1 is 1.31 bits per heavy atom. The van der Waals surface area contributed by atoms with Gasteiger partial charge in [0.1, 0.15) is 5.82 Å². The number of alkyl halides is 3. The lowest BCUT2D eigenvalue weighted by atomic mass is 10.1. The first kappa shape index (κ1) is 12.4. The Balaban J connectivity index is 2.85. The first-order valence-electron chi connectivity index (χ1n) is 4.54. The maximum atomic E-state index is 12.2. The zero-order valence-electron chi connectivity index (χ0n) is 8.89. The first-order chi connectivity index (χ1) is 7.24. The van der Waals surface area contributed by atoms with Crippen molar-refractivity contribution in [3.63, 3.8) is 0 Å². The zero-order chi connectivity index (χ0) is 12.4. The van der Waals surface area contributed by atoms with Gasteiger partial charge >= 0.3 is 6.18 Å². The van der Waals surface area contributed by atoms with Crippen LogP contribution in [0.1, 0.15) is 19.4 Å². The van der Waals surface area contributed by atoms with E-state index in [4.69, 9.17) is 6.42 Å². The molecule has 0 amide bonds. The Hall–Kier alpha value is -1.70. The van der Waals surface area contributed by atoms with Crippen molar-refractivity contribution in [2.45, 2.75) is 25.6 Å². The Morgan fingerprint density at radius 2 is 1.94 bits per heavy atom. The van der Waals surface area contributed by atoms with Crippen molar-refractivity contribution in [3.8, 4) is 12.3 Å². The minimum Gasteiger partial charge on any atom is -0.354 e. The molecule has 2 nitrogen and oxygen atoms in total. The number of hydrogen-bond donors (Lipinski definition) is 1. The van der Waals surface area contributed by atoms with Crippen LogP contribution in [-0.4, -0.2) is 10.5 Å². The predicted octanol–water partition coefficient (Wildman–Crippen LogP) is 2.92. The summed E-state index contributed by atoms with van der Waals surface area (Å²) < 4.78 is 36.7. The second-order valence-electron chi connectivity index (χ2n) is 3.82. The highest BCUT2D eigenvalue weighted by Gasteiger charge is 2.30. The van der Waals surface area contributed by atoms with Gasteiger partial charge in [0, 0.05) is 6.20 Å². The summed E-state index contributed by atoms with van der Waals surface area (Å²) in [6.45, 7) is 3.46. The van der Waals surface area contributed by atoms with Crippen LogP contribution in [0.15, 0.2) is 18.3 Å². The molecule has 0 aromatic carbocycles. The lowest BCUT2D eigenvalue weighted by Gasteiger charge is -2.20. The molecule has 16 heavy (non-hydrogen) atoms. The number of nitrogens with zero attached hydrogens (tertiary/aromatic N) is 1. The van der Waals surface area contributed by atoms with Crippen LogP contribution < -0.4 is 5.32 Å². The van der Waals surface area contributed by atoms with E-state index in [1.807, 2.05) is 0 Å². The van der Waals surface area contributed by atoms with Crippen LogP contribution in [0.5, 0.6) is 0 Å². The normalized spacial score (nSPS) is 12.0. The molecule has 1 aromatic rings. The van der Waals surface area contributed by atoms with Crippen molar-refractivity contribution in [3.05, 3.63) is 23.9 Å². The molecular formula is C11H11F3N2. The molecule has 0 spiro atoms. The minimum absolute atomic E-state index is 0.316. The van der Waals surface area contributed by atoms with Crippen molar-refractivity contribution in [1.82, 2.24) is 4.98 Å². The lowest BCUT2D eigenvalue weighted by Crippen LogP contribution is -2.28. The maximum Gasteiger partial charge on any atom is 0.417 e. The van der Waals surface area contributed by atoms with E-state index in [0.29, 0.717) is 5.82 Å². The quantitative estimate of drug-likeness (QED) is 0.787. The molecule has 0 saturated heterocycles. The molecule has 0 aliphatic heterocycles. The minimum atomic E-state index is -4.37. The summed E-state index contributed by atoms with van der Waals surface area (Å²) in [6.07, 6.45) is 1.64. The van der Waals surface area contributed by atoms with Crippen molar-refractivity contribution in [2.75, 3.05) is 5.32 Å². The summed E-state index contributed by atoms with van der Waals surface area (Å²) in [4.78, 5) is 3.65. The molecule has 0 atom stereocenters. The van der Waals surface area contributed by atoms with Crippen molar-refractivity contribution < 1.29 is 13.2 Å². The number of anilines is 1. The second kappa shape index (κ2) is 4.05. The molecule has 86 valence electrons. The Labute approximate surface area is 91.9 Å². The molecule has 1 heterocycles. The molecule has 1 N–H and O–H groups in total. The number of pyridine rings is 1. The molecule has 0 saturated carbocycles. The summed E-state index contributed by atoms with van der Waals surface area (Å²) in [5.41, 5.74) is -1.43. The molecule has 0 aliphatic rings. The average Bonchev–Trinajstić information content (AvgIpc) is 2.16. The second-order valence-corrected chi connectivity index (χ2v) is 3.82. The van der Waals surface area contributed by atoms with Crippen LogP contribution in [0.3, 0.4) is 0 Å². The molecule has 5 heteroatoms. The summed E-state index contributed by atoms with van der Waals surface area (Å²) in [7, 11) is 0. The summed E-state index contributed by atoms with van der Waals surface area (Å²) >= 11 is 0. The van der Waals surface area contributed by atoms with E-state index in [-0.39, 0.29) is 0 Å². The van der Waals surface area contributed by atoms with Crippen LogP contribution in [0.4, 0.5) is 19.0 Å². The van der Waals surface area contributed by atoms with Crippen molar-refractivity contribution in [2.24, 2.45) is 0 Å². The monoisotopic (exact) mass is 228 g/mol. The Kier molecular flexibility index (Phi) is 3.13. The summed E-state index contributed by atoms with van der Waals surface area (Å²) in [5, 5.41) is 2.83. The highest BCUT2D eigenvalue weighted by Crippen LogP contribution is 2.29. The van der Waals surface area contributed by atoms with E-state index < -0.39 is 17.3 Å². The van der Waals surface area contributed by atoms with Crippen LogP contribution >= 0.6 is 0 Å². The number of nitrogens with one attached hydrogen (secondary N) is 1. The number of rotatable bonds is 2. The van der Waals surface area contributed by atoms with E-state index >= 15 is 0 Å². The highest BCUT2D eigenvalue weighted by molar-refractivity contribution is 5.41. The zero-order valence-corrected chi connectivity index (χ0v) is 8.89. The van der Waals surface area contributed by atoms with Crippen LogP contribution in [0.25, 0.3) is 0 Å². The number of aromatic nitrogens is 1. The van der Waals surface area contributed by atoms with Gasteiger partial charge in [0.15, 0.2) is 0 Å². The van der Waals surface area contributed by atoms with Gasteiger partial charge in [-0.25, -0.2) is 4.98 Å². The van der Waals surface area contributed by atoms with Gasteiger partial charge in [-0.2, -0.15) is 13.2 Å². The van der Waals surface area contributed by atoms with Gasteiger partial charge in [-0.1, -0.05) is 5.92 Å². The molecule has 0 unspecified atom stereocenters. The largest absolute Gasteiger partial charge is 0.417 e. The number of halogens is 3. The first-order valence-corrected chi connectivity index (χ1v) is 4.54. The third-order valence-corrected chi connectivity index (χ3v) is 1.89. The smallest absolute Gasteiger partial charge is 0.354 e. The van der Waals surface area contributed by atoms with Gasteiger partial charge in [0.2, 0.25) is 0 Å². The van der Waals surface area contributed by atoms with Gasteiger partial charge in [0.25, 0.3) is 0 Å². The fourth-order valence-electron chi connectivity index (χ4n) is 0.992. The van der Waals surface area contributed by atoms with E-state index in [0.717, 1.165) is 12.3 Å². The van der Waals surface area contributed by atoms with Gasteiger partial charge in [0.05, 0.1) is 11.1 Å². The van der Waals surface area contributed by atoms with Crippen molar-refractivity contribution in [1.29, 1.82) is 0 Å². The SMILES string of the molecule is C#CC(C)(C)Nc1ccc(C(F)(F)F)cn1. The third kappa shape index (κ3) is 3.16. The maximum absolute atomic E-state index is 12.2. The summed E-state index contributed by atoms with van der Waals surface area (Å²) in [6, 6.07) is 2.21. The molecule has 1 rings (SSSR count). The van der Waals surface area contributed by atoms with Gasteiger partial charge in [-0.05, 0) is 26.0 Å². The average molecular weight is 228 g/mol. The summed E-state index contributed by atoms with van der Waals surface area (Å²) in [5.74, 6) is 2.78. The molecule has 0 fully saturated rings. The molecule has 1 aromatic heterocycles. The topological polar surface area (TPSA) is 24.9 Å². The predicted molar refractivity (Wildman–Crippen MR) is 55.8 cm³/mol. The standard InChI is InChI=1S/C11H11F3N2/c1-4-10(2,3)16-9-6-5-8(7-15-9)11(12,13)14/h1,5-7H,2-3H3,(H,15,16). The van der Waals surface area contributed by atoms with E-state index in [2.05, 4.69) is 16.2 Å². The van der Waals surface area contributed by atoms with Gasteiger partial charge in [-0.3, -0.25) is 0 Å². The van der Waals surface area contributed by atoms with Crippen LogP contribution in [0, 0.1) is 12.3 Å². The van der Waals surface area contributed by atoms with Gasteiger partial charge < -0.3 is 5.32 Å². The van der Waals surface area contributed by atoms with Crippen LogP contribution in [-0.2, 0) is 6.18 Å². The number of hydrogen-bond acceptors (Lipinski definition) is 2. The lowest BCUT2D eigenvalue weighted by molar-refractivity contribution is -0.137. The van der Waals surface area contributed by atoms with Gasteiger partial charge in [-0.15, -0.1) is 6.42 Å². The Morgan fingerprint density at radius 3 is 2.31 bits per heavy atom. The van der Waals surface area contributed by atoms with E-state index in [1.54, 1.807) is 13.8 Å². The molecule has 0 bridgehead atoms. The van der Waals surface area contributed by atoms with Crippen LogP contribution in [0.2, 0.25) is 0 Å². The number of terminal acetylenes is 1. The highest BCUT2D eigenvalue weighted by atomic mass is 19.4. The molecule has 0 aliphatic carbocycles. The molecular weight excluding hydrogens is 217 g/mol. The van der Waals surface area contributed by atoms with E-state index in [9.17, 15) is 13.2 Å². The Bertz CT molecular complexity index is 399. The fourth-order valence-corrected chi connectivity index (χ4v) is 0.992. The fraction of sp³-hybridized carbons (Fsp3) is 0.364. The van der Waals surface area contributed by atoms with Crippen molar-refractivity contribution >= 4 is 5.82 Å².